The minimum Gasteiger partial charge on any atom is -0.469 e. The molecule has 0 spiro atoms. The highest BCUT2D eigenvalue weighted by molar-refractivity contribution is 7.73. The maximum absolute atomic E-state index is 13.2. The fourth-order valence-corrected chi connectivity index (χ4v) is 4.73. The highest BCUT2D eigenvalue weighted by Crippen LogP contribution is 2.56. The number of methoxy groups -OCH3 is 1. The fourth-order valence-electron chi connectivity index (χ4n) is 1.87. The molecule has 3 nitrogen and oxygen atoms in total. The number of esters is 1. The van der Waals surface area contributed by atoms with Crippen LogP contribution in [-0.2, 0) is 14.1 Å². The molecule has 0 heterocycles. The normalized spacial score (nSPS) is 14.9. The van der Waals surface area contributed by atoms with Gasteiger partial charge in [0, 0.05) is 16.6 Å². The molecule has 1 unspecified atom stereocenters. The average molecular weight is 268 g/mol. The SMILES string of the molecule is COC(=O)CCP(=O)(c1ccccc1)C(C)(C)C. The van der Waals surface area contributed by atoms with Crippen molar-refractivity contribution in [3.63, 3.8) is 0 Å². The lowest BCUT2D eigenvalue weighted by Crippen LogP contribution is -2.26. The first-order valence-corrected chi connectivity index (χ1v) is 7.92. The van der Waals surface area contributed by atoms with Gasteiger partial charge >= 0.3 is 5.97 Å². The Morgan fingerprint density at radius 2 is 1.78 bits per heavy atom. The van der Waals surface area contributed by atoms with E-state index in [9.17, 15) is 9.36 Å². The van der Waals surface area contributed by atoms with Crippen LogP contribution in [0.5, 0.6) is 0 Å². The molecule has 1 aromatic rings. The van der Waals surface area contributed by atoms with E-state index in [0.717, 1.165) is 5.30 Å². The van der Waals surface area contributed by atoms with Crippen molar-refractivity contribution in [3.8, 4) is 0 Å². The molecule has 1 aromatic carbocycles. The molecule has 0 aromatic heterocycles. The summed E-state index contributed by atoms with van der Waals surface area (Å²) in [5, 5.41) is 0.476. The van der Waals surface area contributed by atoms with E-state index >= 15 is 0 Å². The number of rotatable bonds is 4. The van der Waals surface area contributed by atoms with Crippen molar-refractivity contribution in [1.29, 1.82) is 0 Å². The minimum atomic E-state index is -2.62. The van der Waals surface area contributed by atoms with E-state index in [1.807, 2.05) is 51.1 Å². The van der Waals surface area contributed by atoms with Gasteiger partial charge in [-0.05, 0) is 0 Å². The highest BCUT2D eigenvalue weighted by atomic mass is 31.2. The van der Waals surface area contributed by atoms with Crippen LogP contribution in [0.3, 0.4) is 0 Å². The standard InChI is InChI=1S/C14H21O3P/c1-14(2,3)18(16,11-10-13(15)17-4)12-8-6-5-7-9-12/h5-9H,10-11H2,1-4H3. The van der Waals surface area contributed by atoms with Crippen LogP contribution in [0, 0.1) is 0 Å². The van der Waals surface area contributed by atoms with Crippen molar-refractivity contribution >= 4 is 18.4 Å². The lowest BCUT2D eigenvalue weighted by atomic mass is 10.3. The smallest absolute Gasteiger partial charge is 0.305 e. The van der Waals surface area contributed by atoms with Gasteiger partial charge in [-0.3, -0.25) is 4.79 Å². The molecular weight excluding hydrogens is 247 g/mol. The van der Waals surface area contributed by atoms with Gasteiger partial charge in [0.05, 0.1) is 13.5 Å². The Morgan fingerprint density at radius 1 is 1.22 bits per heavy atom. The average Bonchev–Trinajstić information content (AvgIpc) is 2.35. The first-order chi connectivity index (χ1) is 8.31. The van der Waals surface area contributed by atoms with Gasteiger partial charge in [0.2, 0.25) is 0 Å². The van der Waals surface area contributed by atoms with E-state index in [1.54, 1.807) is 0 Å². The largest absolute Gasteiger partial charge is 0.469 e. The summed E-state index contributed by atoms with van der Waals surface area (Å²) in [7, 11) is -1.27. The van der Waals surface area contributed by atoms with E-state index < -0.39 is 7.14 Å². The molecule has 0 aliphatic rings. The number of hydrogen-bond donors (Lipinski definition) is 0. The van der Waals surface area contributed by atoms with Gasteiger partial charge in [-0.15, -0.1) is 0 Å². The quantitative estimate of drug-likeness (QED) is 0.622. The van der Waals surface area contributed by atoms with Crippen molar-refractivity contribution < 1.29 is 14.1 Å². The maximum Gasteiger partial charge on any atom is 0.305 e. The predicted octanol–water partition coefficient (Wildman–Crippen LogP) is 3.04. The van der Waals surface area contributed by atoms with Gasteiger partial charge in [-0.2, -0.15) is 0 Å². The van der Waals surface area contributed by atoms with Crippen molar-refractivity contribution in [2.75, 3.05) is 13.3 Å². The Bertz CT molecular complexity index is 446. The van der Waals surface area contributed by atoms with Crippen LogP contribution in [-0.4, -0.2) is 24.4 Å². The molecule has 4 heteroatoms. The summed E-state index contributed by atoms with van der Waals surface area (Å²) in [5.41, 5.74) is 0. The first kappa shape index (κ1) is 15.0. The van der Waals surface area contributed by atoms with Crippen LogP contribution in [0.15, 0.2) is 30.3 Å². The third kappa shape index (κ3) is 3.23. The topological polar surface area (TPSA) is 43.4 Å². The second-order valence-corrected chi connectivity index (χ2v) is 9.08. The summed E-state index contributed by atoms with van der Waals surface area (Å²) in [6.07, 6.45) is 0.549. The van der Waals surface area contributed by atoms with Gasteiger partial charge in [0.1, 0.15) is 7.14 Å². The van der Waals surface area contributed by atoms with Gasteiger partial charge in [-0.25, -0.2) is 0 Å². The van der Waals surface area contributed by atoms with Crippen LogP contribution in [0.2, 0.25) is 0 Å². The van der Waals surface area contributed by atoms with Gasteiger partial charge < -0.3 is 9.30 Å². The van der Waals surface area contributed by atoms with Crippen LogP contribution >= 0.6 is 7.14 Å². The zero-order valence-electron chi connectivity index (χ0n) is 11.5. The summed E-state index contributed by atoms with van der Waals surface area (Å²) in [5.74, 6) is -0.310. The third-order valence-corrected chi connectivity index (χ3v) is 7.27. The van der Waals surface area contributed by atoms with E-state index in [1.165, 1.54) is 7.11 Å². The molecule has 0 N–H and O–H groups in total. The summed E-state index contributed by atoms with van der Waals surface area (Å²) < 4.78 is 17.9. The van der Waals surface area contributed by atoms with Gasteiger partial charge in [0.15, 0.2) is 0 Å². The Labute approximate surface area is 109 Å². The molecule has 1 atom stereocenters. The number of hydrogen-bond acceptors (Lipinski definition) is 3. The molecule has 100 valence electrons. The molecule has 0 radical (unpaired) electrons. The third-order valence-electron chi connectivity index (χ3n) is 3.12. The molecule has 0 aliphatic heterocycles. The molecule has 1 rings (SSSR count). The molecule has 0 bridgehead atoms. The zero-order chi connectivity index (χ0) is 13.8. The summed E-state index contributed by atoms with van der Waals surface area (Å²) in [6, 6.07) is 9.42. The molecule has 0 saturated heterocycles. The molecule has 0 amide bonds. The lowest BCUT2D eigenvalue weighted by Gasteiger charge is -2.31. The van der Waals surface area contributed by atoms with Crippen LogP contribution in [0.1, 0.15) is 27.2 Å². The molecule has 0 saturated carbocycles. The molecule has 18 heavy (non-hydrogen) atoms. The lowest BCUT2D eigenvalue weighted by molar-refractivity contribution is -0.140. The number of carbonyl (C=O) groups excluding carboxylic acids is 1. The van der Waals surface area contributed by atoms with Crippen LogP contribution in [0.4, 0.5) is 0 Å². The van der Waals surface area contributed by atoms with Crippen molar-refractivity contribution in [2.24, 2.45) is 0 Å². The first-order valence-electron chi connectivity index (χ1n) is 6.03. The zero-order valence-corrected chi connectivity index (χ0v) is 12.4. The van der Waals surface area contributed by atoms with Crippen LogP contribution < -0.4 is 5.30 Å². The Balaban J connectivity index is 3.06. The molecule has 0 aliphatic carbocycles. The molecule has 0 fully saturated rings. The van der Waals surface area contributed by atoms with Crippen LogP contribution in [0.25, 0.3) is 0 Å². The fraction of sp³-hybridized carbons (Fsp3) is 0.500. The van der Waals surface area contributed by atoms with E-state index in [-0.39, 0.29) is 17.5 Å². The number of carbonyl (C=O) groups is 1. The van der Waals surface area contributed by atoms with Gasteiger partial charge in [0.25, 0.3) is 0 Å². The van der Waals surface area contributed by atoms with Gasteiger partial charge in [-0.1, -0.05) is 51.1 Å². The van der Waals surface area contributed by atoms with Crippen molar-refractivity contribution in [3.05, 3.63) is 30.3 Å². The summed E-state index contributed by atoms with van der Waals surface area (Å²) in [4.78, 5) is 11.3. The Morgan fingerprint density at radius 3 is 2.22 bits per heavy atom. The summed E-state index contributed by atoms with van der Waals surface area (Å²) in [6.45, 7) is 5.87. The monoisotopic (exact) mass is 268 g/mol. The summed E-state index contributed by atoms with van der Waals surface area (Å²) >= 11 is 0. The minimum absolute atomic E-state index is 0.194. The van der Waals surface area contributed by atoms with E-state index in [0.29, 0.717) is 6.16 Å². The van der Waals surface area contributed by atoms with Crippen molar-refractivity contribution in [2.45, 2.75) is 32.3 Å². The highest BCUT2D eigenvalue weighted by Gasteiger charge is 2.38. The predicted molar refractivity (Wildman–Crippen MR) is 74.9 cm³/mol. The second kappa shape index (κ2) is 5.71. The van der Waals surface area contributed by atoms with Crippen molar-refractivity contribution in [1.82, 2.24) is 0 Å². The Hall–Kier alpha value is -1.08. The maximum atomic E-state index is 13.2. The number of ether oxygens (including phenoxy) is 1. The Kier molecular flexibility index (Phi) is 4.75. The number of benzene rings is 1. The van der Waals surface area contributed by atoms with E-state index in [2.05, 4.69) is 4.74 Å². The second-order valence-electron chi connectivity index (χ2n) is 5.30. The van der Waals surface area contributed by atoms with E-state index in [4.69, 9.17) is 0 Å². The molecular formula is C14H21O3P.